The van der Waals surface area contributed by atoms with Crippen molar-refractivity contribution in [1.82, 2.24) is 5.32 Å². The number of hydrogen-bond donors (Lipinski definition) is 1. The second-order valence-electron chi connectivity index (χ2n) is 4.60. The van der Waals surface area contributed by atoms with Crippen molar-refractivity contribution in [2.24, 2.45) is 11.8 Å². The smallest absolute Gasteiger partial charge is 0.0320 e. The molecule has 0 radical (unpaired) electrons. The van der Waals surface area contributed by atoms with Gasteiger partial charge in [0.25, 0.3) is 0 Å². The Morgan fingerprint density at radius 2 is 1.81 bits per heavy atom. The summed E-state index contributed by atoms with van der Waals surface area (Å²) in [5.74, 6) is 1.46. The van der Waals surface area contributed by atoms with Gasteiger partial charge in [0.05, 0.1) is 0 Å². The lowest BCUT2D eigenvalue weighted by atomic mass is 9.98. The first-order valence-corrected chi connectivity index (χ1v) is 7.24. The fourth-order valence-electron chi connectivity index (χ4n) is 1.33. The van der Waals surface area contributed by atoms with Crippen LogP contribution in [0.1, 0.15) is 26.3 Å². The SMILES string of the molecule is CC(C)C(C)CNCc1ccc(Br)c(Br)c1. The Morgan fingerprint density at radius 3 is 2.38 bits per heavy atom. The van der Waals surface area contributed by atoms with Gasteiger partial charge in [0, 0.05) is 15.5 Å². The number of halogens is 2. The standard InChI is InChI=1S/C13H19Br2N/c1-9(2)10(3)7-16-8-11-4-5-12(14)13(15)6-11/h4-6,9-10,16H,7-8H2,1-3H3. The highest BCUT2D eigenvalue weighted by atomic mass is 79.9. The zero-order valence-electron chi connectivity index (χ0n) is 10.1. The van der Waals surface area contributed by atoms with Gasteiger partial charge in [0.1, 0.15) is 0 Å². The molecule has 0 bridgehead atoms. The summed E-state index contributed by atoms with van der Waals surface area (Å²) in [6.45, 7) is 8.83. The van der Waals surface area contributed by atoms with Crippen LogP contribution in [0, 0.1) is 11.8 Å². The summed E-state index contributed by atoms with van der Waals surface area (Å²) >= 11 is 6.99. The molecule has 0 saturated carbocycles. The molecule has 0 aliphatic carbocycles. The van der Waals surface area contributed by atoms with Gasteiger partial charge in [-0.1, -0.05) is 26.8 Å². The summed E-state index contributed by atoms with van der Waals surface area (Å²) < 4.78 is 2.22. The van der Waals surface area contributed by atoms with Crippen molar-refractivity contribution in [3.8, 4) is 0 Å². The fourth-order valence-corrected chi connectivity index (χ4v) is 2.00. The molecule has 0 saturated heterocycles. The molecule has 3 heteroatoms. The molecule has 1 aromatic rings. The quantitative estimate of drug-likeness (QED) is 0.820. The predicted molar refractivity (Wildman–Crippen MR) is 77.6 cm³/mol. The van der Waals surface area contributed by atoms with Crippen LogP contribution in [0.15, 0.2) is 27.1 Å². The van der Waals surface area contributed by atoms with E-state index in [2.05, 4.69) is 76.1 Å². The molecule has 1 N–H and O–H groups in total. The molecule has 0 spiro atoms. The van der Waals surface area contributed by atoms with E-state index >= 15 is 0 Å². The van der Waals surface area contributed by atoms with Crippen LogP contribution in [-0.4, -0.2) is 6.54 Å². The molecule has 0 aliphatic heterocycles. The lowest BCUT2D eigenvalue weighted by Gasteiger charge is -2.16. The normalized spacial score (nSPS) is 13.1. The topological polar surface area (TPSA) is 12.0 Å². The molecule has 16 heavy (non-hydrogen) atoms. The van der Waals surface area contributed by atoms with E-state index in [0.29, 0.717) is 0 Å². The Labute approximate surface area is 115 Å². The van der Waals surface area contributed by atoms with Crippen LogP contribution >= 0.6 is 31.9 Å². The fraction of sp³-hybridized carbons (Fsp3) is 0.538. The largest absolute Gasteiger partial charge is 0.312 e. The number of rotatable bonds is 5. The van der Waals surface area contributed by atoms with Crippen molar-refractivity contribution >= 4 is 31.9 Å². The maximum Gasteiger partial charge on any atom is 0.0320 e. The van der Waals surface area contributed by atoms with Gasteiger partial charge in [0.2, 0.25) is 0 Å². The molecule has 0 aliphatic rings. The highest BCUT2D eigenvalue weighted by molar-refractivity contribution is 9.13. The van der Waals surface area contributed by atoms with Crippen LogP contribution in [0.3, 0.4) is 0 Å². The van der Waals surface area contributed by atoms with Crippen molar-refractivity contribution in [3.63, 3.8) is 0 Å². The molecular formula is C13H19Br2N. The maximum atomic E-state index is 3.52. The Kier molecular flexibility index (Phi) is 6.01. The third kappa shape index (κ3) is 4.56. The summed E-state index contributed by atoms with van der Waals surface area (Å²) in [6, 6.07) is 6.37. The van der Waals surface area contributed by atoms with E-state index in [1.54, 1.807) is 0 Å². The van der Waals surface area contributed by atoms with Crippen molar-refractivity contribution in [2.75, 3.05) is 6.54 Å². The molecule has 0 fully saturated rings. The molecule has 0 amide bonds. The Balaban J connectivity index is 2.40. The average molecular weight is 349 g/mol. The maximum absolute atomic E-state index is 3.52. The van der Waals surface area contributed by atoms with Crippen molar-refractivity contribution < 1.29 is 0 Å². The molecule has 1 atom stereocenters. The highest BCUT2D eigenvalue weighted by Crippen LogP contribution is 2.23. The minimum absolute atomic E-state index is 0.721. The van der Waals surface area contributed by atoms with Crippen LogP contribution in [0.4, 0.5) is 0 Å². The van der Waals surface area contributed by atoms with Crippen molar-refractivity contribution in [1.29, 1.82) is 0 Å². The van der Waals surface area contributed by atoms with Gasteiger partial charge in [-0.3, -0.25) is 0 Å². The van der Waals surface area contributed by atoms with E-state index in [9.17, 15) is 0 Å². The predicted octanol–water partition coefficient (Wildman–Crippen LogP) is 4.59. The van der Waals surface area contributed by atoms with E-state index in [4.69, 9.17) is 0 Å². The van der Waals surface area contributed by atoms with Crippen molar-refractivity contribution in [3.05, 3.63) is 32.7 Å². The van der Waals surface area contributed by atoms with Crippen LogP contribution in [0.25, 0.3) is 0 Å². The number of benzene rings is 1. The average Bonchev–Trinajstić information content (AvgIpc) is 2.23. The van der Waals surface area contributed by atoms with E-state index in [0.717, 1.165) is 33.9 Å². The summed E-state index contributed by atoms with van der Waals surface area (Å²) in [7, 11) is 0. The van der Waals surface area contributed by atoms with Gasteiger partial charge in [-0.25, -0.2) is 0 Å². The highest BCUT2D eigenvalue weighted by Gasteiger charge is 2.06. The third-order valence-corrected chi connectivity index (χ3v) is 4.80. The summed E-state index contributed by atoms with van der Waals surface area (Å²) in [4.78, 5) is 0. The Morgan fingerprint density at radius 1 is 1.12 bits per heavy atom. The van der Waals surface area contributed by atoms with Gasteiger partial charge >= 0.3 is 0 Å². The zero-order chi connectivity index (χ0) is 12.1. The first-order chi connectivity index (χ1) is 7.50. The minimum atomic E-state index is 0.721. The molecule has 0 aromatic heterocycles. The third-order valence-electron chi connectivity index (χ3n) is 2.92. The second kappa shape index (κ2) is 6.77. The van der Waals surface area contributed by atoms with E-state index in [1.807, 2.05) is 0 Å². The van der Waals surface area contributed by atoms with Gasteiger partial charge in [-0.05, 0) is 67.9 Å². The molecule has 1 unspecified atom stereocenters. The molecule has 90 valence electrons. The second-order valence-corrected chi connectivity index (χ2v) is 6.31. The van der Waals surface area contributed by atoms with Gasteiger partial charge in [-0.2, -0.15) is 0 Å². The number of hydrogen-bond acceptors (Lipinski definition) is 1. The molecule has 1 nitrogen and oxygen atoms in total. The zero-order valence-corrected chi connectivity index (χ0v) is 13.2. The minimum Gasteiger partial charge on any atom is -0.312 e. The first-order valence-electron chi connectivity index (χ1n) is 5.65. The molecule has 0 heterocycles. The van der Waals surface area contributed by atoms with E-state index in [-0.39, 0.29) is 0 Å². The monoisotopic (exact) mass is 347 g/mol. The van der Waals surface area contributed by atoms with E-state index in [1.165, 1.54) is 5.56 Å². The van der Waals surface area contributed by atoms with Gasteiger partial charge < -0.3 is 5.32 Å². The van der Waals surface area contributed by atoms with Crippen LogP contribution in [-0.2, 0) is 6.54 Å². The summed E-state index contributed by atoms with van der Waals surface area (Å²) in [6.07, 6.45) is 0. The van der Waals surface area contributed by atoms with Gasteiger partial charge in [0.15, 0.2) is 0 Å². The first kappa shape index (κ1) is 14.2. The lowest BCUT2D eigenvalue weighted by Crippen LogP contribution is -2.23. The Bertz CT molecular complexity index is 337. The lowest BCUT2D eigenvalue weighted by molar-refractivity contribution is 0.392. The molecule has 1 aromatic carbocycles. The number of nitrogens with one attached hydrogen (secondary N) is 1. The van der Waals surface area contributed by atoms with Crippen LogP contribution in [0.2, 0.25) is 0 Å². The Hall–Kier alpha value is 0.140. The summed E-state index contributed by atoms with van der Waals surface area (Å²) in [5.41, 5.74) is 1.31. The molecular weight excluding hydrogens is 330 g/mol. The van der Waals surface area contributed by atoms with Crippen LogP contribution in [0.5, 0.6) is 0 Å². The van der Waals surface area contributed by atoms with Crippen molar-refractivity contribution in [2.45, 2.75) is 27.3 Å². The van der Waals surface area contributed by atoms with E-state index < -0.39 is 0 Å². The van der Waals surface area contributed by atoms with Gasteiger partial charge in [-0.15, -0.1) is 0 Å². The van der Waals surface area contributed by atoms with Crippen LogP contribution < -0.4 is 5.32 Å². The molecule has 1 rings (SSSR count). The summed E-state index contributed by atoms with van der Waals surface area (Å²) in [5, 5.41) is 3.49.